The van der Waals surface area contributed by atoms with E-state index in [2.05, 4.69) is 5.32 Å². The minimum absolute atomic E-state index is 0.290. The van der Waals surface area contributed by atoms with Crippen LogP contribution in [-0.4, -0.2) is 33.2 Å². The highest BCUT2D eigenvalue weighted by Crippen LogP contribution is 2.38. The van der Waals surface area contributed by atoms with Crippen molar-refractivity contribution in [3.8, 4) is 17.2 Å². The number of benzene rings is 1. The Balaban J connectivity index is 1.67. The zero-order valence-corrected chi connectivity index (χ0v) is 11.8. The Hall–Kier alpha value is -1.46. The third-order valence-electron chi connectivity index (χ3n) is 3.46. The summed E-state index contributed by atoms with van der Waals surface area (Å²) >= 11 is 0. The molecule has 1 N–H and O–H groups in total. The fraction of sp³-hybridized carbons (Fsp3) is 0.600. The molecule has 0 aromatic heterocycles. The molecule has 0 unspecified atom stereocenters. The average molecular weight is 279 g/mol. The van der Waals surface area contributed by atoms with Gasteiger partial charge >= 0.3 is 0 Å². The van der Waals surface area contributed by atoms with Gasteiger partial charge in [-0.1, -0.05) is 0 Å². The third kappa shape index (κ3) is 3.35. The van der Waals surface area contributed by atoms with Gasteiger partial charge in [0.1, 0.15) is 5.75 Å². The van der Waals surface area contributed by atoms with Crippen molar-refractivity contribution < 1.29 is 18.9 Å². The van der Waals surface area contributed by atoms with Crippen molar-refractivity contribution in [3.63, 3.8) is 0 Å². The van der Waals surface area contributed by atoms with Crippen LogP contribution >= 0.6 is 0 Å². The molecule has 110 valence electrons. The Morgan fingerprint density at radius 1 is 1.20 bits per heavy atom. The molecule has 0 amide bonds. The van der Waals surface area contributed by atoms with Crippen molar-refractivity contribution in [2.75, 3.05) is 27.1 Å². The van der Waals surface area contributed by atoms with Gasteiger partial charge in [-0.25, -0.2) is 0 Å². The molecule has 0 atom stereocenters. The molecule has 5 heteroatoms. The molecule has 1 heterocycles. The monoisotopic (exact) mass is 279 g/mol. The summed E-state index contributed by atoms with van der Waals surface area (Å²) < 4.78 is 21.7. The van der Waals surface area contributed by atoms with Crippen LogP contribution in [0.5, 0.6) is 17.2 Å². The van der Waals surface area contributed by atoms with Gasteiger partial charge in [0.2, 0.25) is 6.79 Å². The summed E-state index contributed by atoms with van der Waals surface area (Å²) in [4.78, 5) is 0. The summed E-state index contributed by atoms with van der Waals surface area (Å²) in [7, 11) is 1.70. The summed E-state index contributed by atoms with van der Waals surface area (Å²) in [5, 5.41) is 3.50. The van der Waals surface area contributed by atoms with Crippen molar-refractivity contribution in [2.45, 2.75) is 31.8 Å². The summed E-state index contributed by atoms with van der Waals surface area (Å²) in [5.41, 5.74) is 1.12. The molecule has 3 rings (SSSR count). The molecule has 0 radical (unpaired) electrons. The summed E-state index contributed by atoms with van der Waals surface area (Å²) in [5.74, 6) is 2.45. The van der Waals surface area contributed by atoms with Gasteiger partial charge in [-0.15, -0.1) is 0 Å². The van der Waals surface area contributed by atoms with Crippen LogP contribution in [0.3, 0.4) is 0 Å². The van der Waals surface area contributed by atoms with E-state index in [1.54, 1.807) is 7.11 Å². The molecule has 1 saturated carbocycles. The lowest BCUT2D eigenvalue weighted by atomic mass is 10.1. The highest BCUT2D eigenvalue weighted by atomic mass is 16.7. The second-order valence-electron chi connectivity index (χ2n) is 5.16. The van der Waals surface area contributed by atoms with Crippen LogP contribution in [-0.2, 0) is 11.3 Å². The minimum Gasteiger partial charge on any atom is -0.493 e. The van der Waals surface area contributed by atoms with Crippen molar-refractivity contribution in [1.29, 1.82) is 0 Å². The Morgan fingerprint density at radius 2 is 2.00 bits per heavy atom. The Bertz CT molecular complexity index is 459. The van der Waals surface area contributed by atoms with E-state index in [0.29, 0.717) is 19.3 Å². The summed E-state index contributed by atoms with van der Waals surface area (Å²) in [6, 6.07) is 4.62. The zero-order chi connectivity index (χ0) is 13.8. The van der Waals surface area contributed by atoms with Gasteiger partial charge in [0, 0.05) is 44.4 Å². The van der Waals surface area contributed by atoms with Crippen LogP contribution in [0, 0.1) is 0 Å². The zero-order valence-electron chi connectivity index (χ0n) is 11.8. The maximum absolute atomic E-state index is 5.86. The molecule has 1 aliphatic heterocycles. The number of nitrogens with one attached hydrogen (secondary N) is 1. The van der Waals surface area contributed by atoms with Crippen molar-refractivity contribution in [1.82, 2.24) is 5.32 Å². The maximum Gasteiger partial charge on any atom is 0.231 e. The van der Waals surface area contributed by atoms with Gasteiger partial charge in [0.25, 0.3) is 0 Å². The van der Waals surface area contributed by atoms with E-state index in [1.165, 1.54) is 12.8 Å². The standard InChI is InChI=1S/C15H21NO4/c1-17-5-2-6-18-13-8-15-14(19-10-20-15)7-11(13)9-16-12-3-4-12/h7-8,12,16H,2-6,9-10H2,1H3. The maximum atomic E-state index is 5.86. The van der Waals surface area contributed by atoms with Gasteiger partial charge in [-0.3, -0.25) is 0 Å². The van der Waals surface area contributed by atoms with E-state index in [1.807, 2.05) is 12.1 Å². The summed E-state index contributed by atoms with van der Waals surface area (Å²) in [6.45, 7) is 2.45. The number of hydrogen-bond donors (Lipinski definition) is 1. The smallest absolute Gasteiger partial charge is 0.231 e. The Kier molecular flexibility index (Phi) is 4.28. The first-order chi connectivity index (χ1) is 9.86. The van der Waals surface area contributed by atoms with Crippen molar-refractivity contribution in [3.05, 3.63) is 17.7 Å². The van der Waals surface area contributed by atoms with E-state index in [-0.39, 0.29) is 6.79 Å². The lowest BCUT2D eigenvalue weighted by Crippen LogP contribution is -2.16. The molecule has 20 heavy (non-hydrogen) atoms. The molecule has 0 saturated heterocycles. The number of methoxy groups -OCH3 is 1. The molecule has 2 aliphatic rings. The number of ether oxygens (including phenoxy) is 4. The van der Waals surface area contributed by atoms with Crippen LogP contribution in [0.1, 0.15) is 24.8 Å². The van der Waals surface area contributed by atoms with E-state index >= 15 is 0 Å². The molecule has 1 aromatic carbocycles. The fourth-order valence-corrected chi connectivity index (χ4v) is 2.17. The van der Waals surface area contributed by atoms with Crippen LogP contribution in [0.2, 0.25) is 0 Å². The van der Waals surface area contributed by atoms with E-state index < -0.39 is 0 Å². The van der Waals surface area contributed by atoms with Gasteiger partial charge in [0.05, 0.1) is 6.61 Å². The van der Waals surface area contributed by atoms with Gasteiger partial charge in [0.15, 0.2) is 11.5 Å². The fourth-order valence-electron chi connectivity index (χ4n) is 2.17. The Morgan fingerprint density at radius 3 is 2.75 bits per heavy atom. The quantitative estimate of drug-likeness (QED) is 0.738. The molecule has 0 bridgehead atoms. The van der Waals surface area contributed by atoms with Gasteiger partial charge in [-0.05, 0) is 18.9 Å². The number of hydrogen-bond acceptors (Lipinski definition) is 5. The largest absolute Gasteiger partial charge is 0.493 e. The van der Waals surface area contributed by atoms with Gasteiger partial charge < -0.3 is 24.3 Å². The lowest BCUT2D eigenvalue weighted by Gasteiger charge is -2.13. The topological polar surface area (TPSA) is 49.0 Å². The summed E-state index contributed by atoms with van der Waals surface area (Å²) in [6.07, 6.45) is 3.42. The molecule has 0 spiro atoms. The second-order valence-corrected chi connectivity index (χ2v) is 5.16. The van der Waals surface area contributed by atoms with E-state index in [9.17, 15) is 0 Å². The van der Waals surface area contributed by atoms with E-state index in [4.69, 9.17) is 18.9 Å². The molecule has 5 nitrogen and oxygen atoms in total. The molecule has 1 fully saturated rings. The molecular weight excluding hydrogens is 258 g/mol. The molecular formula is C15H21NO4. The van der Waals surface area contributed by atoms with E-state index in [0.717, 1.165) is 35.8 Å². The first-order valence-electron chi connectivity index (χ1n) is 7.14. The second kappa shape index (κ2) is 6.33. The highest BCUT2D eigenvalue weighted by molar-refractivity contribution is 5.51. The highest BCUT2D eigenvalue weighted by Gasteiger charge is 2.22. The van der Waals surface area contributed by atoms with Crippen molar-refractivity contribution >= 4 is 0 Å². The van der Waals surface area contributed by atoms with Crippen LogP contribution in [0.4, 0.5) is 0 Å². The minimum atomic E-state index is 0.290. The normalized spacial score (nSPS) is 16.4. The van der Waals surface area contributed by atoms with Crippen LogP contribution in [0.25, 0.3) is 0 Å². The molecule has 1 aromatic rings. The first-order valence-corrected chi connectivity index (χ1v) is 7.14. The van der Waals surface area contributed by atoms with Crippen LogP contribution < -0.4 is 19.5 Å². The number of fused-ring (bicyclic) bond motifs is 1. The first kappa shape index (κ1) is 13.5. The molecule has 1 aliphatic carbocycles. The van der Waals surface area contributed by atoms with Gasteiger partial charge in [-0.2, -0.15) is 0 Å². The lowest BCUT2D eigenvalue weighted by molar-refractivity contribution is 0.170. The van der Waals surface area contributed by atoms with Crippen molar-refractivity contribution in [2.24, 2.45) is 0 Å². The number of rotatable bonds is 8. The average Bonchev–Trinajstić information content (AvgIpc) is 3.18. The Labute approximate surface area is 119 Å². The predicted octanol–water partition coefficient (Wildman–Crippen LogP) is 2.08. The van der Waals surface area contributed by atoms with Crippen LogP contribution in [0.15, 0.2) is 12.1 Å². The predicted molar refractivity (Wildman–Crippen MR) is 74.4 cm³/mol. The SMILES string of the molecule is COCCCOc1cc2c(cc1CNC1CC1)OCO2. The third-order valence-corrected chi connectivity index (χ3v) is 3.46.